The number of benzene rings is 3. The smallest absolute Gasteiger partial charge is 0.0916 e. The predicted octanol–water partition coefficient (Wildman–Crippen LogP) is 7.10. The lowest BCUT2D eigenvalue weighted by molar-refractivity contribution is 1.31. The minimum absolute atomic E-state index is 1.08. The fourth-order valence-corrected chi connectivity index (χ4v) is 5.61. The molecule has 0 aliphatic heterocycles. The number of nitrogens with zero attached hydrogens (tertiary/aromatic N) is 1. The van der Waals surface area contributed by atoms with Gasteiger partial charge < -0.3 is 0 Å². The Morgan fingerprint density at radius 2 is 1.30 bits per heavy atom. The van der Waals surface area contributed by atoms with Crippen LogP contribution >= 0.6 is 11.8 Å². The van der Waals surface area contributed by atoms with Crippen molar-refractivity contribution in [1.82, 2.24) is 0 Å². The SMILES string of the molecule is Cc1cc(C)c(C(Sc2ccccc2)=S=Nc2c(C)cccc2C)c(C)c1. The van der Waals surface area contributed by atoms with Crippen LogP contribution in [0, 0.1) is 34.6 Å². The average Bonchev–Trinajstić information content (AvgIpc) is 2.61. The molecule has 0 aliphatic carbocycles. The van der Waals surface area contributed by atoms with E-state index in [1.165, 1.54) is 42.5 Å². The minimum Gasteiger partial charge on any atom is -0.192 e. The van der Waals surface area contributed by atoms with Crippen LogP contribution < -0.4 is 0 Å². The van der Waals surface area contributed by atoms with Crippen molar-refractivity contribution in [3.05, 3.63) is 94.0 Å². The summed E-state index contributed by atoms with van der Waals surface area (Å²) in [7, 11) is 0. The van der Waals surface area contributed by atoms with Gasteiger partial charge in [0.05, 0.1) is 9.88 Å². The van der Waals surface area contributed by atoms with Gasteiger partial charge >= 0.3 is 0 Å². The fourth-order valence-electron chi connectivity index (χ4n) is 3.25. The zero-order chi connectivity index (χ0) is 19.4. The summed E-state index contributed by atoms with van der Waals surface area (Å²) in [6.45, 7) is 10.8. The van der Waals surface area contributed by atoms with Crippen molar-refractivity contribution in [3.8, 4) is 0 Å². The maximum atomic E-state index is 4.94. The number of hydrogen-bond donors (Lipinski definition) is 0. The first kappa shape index (κ1) is 19.7. The van der Waals surface area contributed by atoms with Crippen LogP contribution in [-0.2, 0) is 11.1 Å². The topological polar surface area (TPSA) is 12.4 Å². The standard InChI is InChI=1S/C24H25NS2/c1-16-14-19(4)22(20(5)15-16)24(26-21-12-7-6-8-13-21)27-25-23-17(2)10-9-11-18(23)3/h6-15H,1-5H3. The second kappa shape index (κ2) is 8.73. The zero-order valence-corrected chi connectivity index (χ0v) is 18.2. The van der Waals surface area contributed by atoms with Gasteiger partial charge in [-0.05, 0) is 80.2 Å². The lowest BCUT2D eigenvalue weighted by Crippen LogP contribution is -2.02. The number of thioether (sulfide) groups is 1. The van der Waals surface area contributed by atoms with Crippen LogP contribution in [0.15, 0.2) is 69.9 Å². The Kier molecular flexibility index (Phi) is 6.35. The molecule has 138 valence electrons. The largest absolute Gasteiger partial charge is 0.192 e. The van der Waals surface area contributed by atoms with Crippen molar-refractivity contribution in [2.45, 2.75) is 39.5 Å². The second-order valence-corrected chi connectivity index (χ2v) is 9.01. The molecular formula is C24H25NS2. The molecule has 0 atom stereocenters. The highest BCUT2D eigenvalue weighted by molar-refractivity contribution is 8.21. The minimum atomic E-state index is 1.08. The fraction of sp³-hybridized carbons (Fsp3) is 0.208. The Morgan fingerprint density at radius 1 is 0.704 bits per heavy atom. The lowest BCUT2D eigenvalue weighted by Gasteiger charge is -2.13. The van der Waals surface area contributed by atoms with Gasteiger partial charge in [0.1, 0.15) is 0 Å². The third kappa shape index (κ3) is 4.79. The van der Waals surface area contributed by atoms with Gasteiger partial charge in [0.2, 0.25) is 0 Å². The van der Waals surface area contributed by atoms with E-state index in [-0.39, 0.29) is 0 Å². The van der Waals surface area contributed by atoms with Gasteiger partial charge in [0.15, 0.2) is 0 Å². The summed E-state index contributed by atoms with van der Waals surface area (Å²) < 4.78 is 6.16. The van der Waals surface area contributed by atoms with Crippen molar-refractivity contribution < 1.29 is 0 Å². The normalized spacial score (nSPS) is 10.6. The summed E-state index contributed by atoms with van der Waals surface area (Å²) in [5.74, 6) is 0. The highest BCUT2D eigenvalue weighted by Crippen LogP contribution is 2.28. The molecule has 0 N–H and O–H groups in total. The summed E-state index contributed by atoms with van der Waals surface area (Å²) in [6.07, 6.45) is 0. The summed E-state index contributed by atoms with van der Waals surface area (Å²) in [5.41, 5.74) is 8.71. The molecule has 0 aromatic heterocycles. The molecule has 0 saturated heterocycles. The molecule has 27 heavy (non-hydrogen) atoms. The van der Waals surface area contributed by atoms with E-state index in [1.807, 2.05) is 0 Å². The number of aryl methyl sites for hydroxylation is 5. The van der Waals surface area contributed by atoms with Crippen molar-refractivity contribution in [3.63, 3.8) is 0 Å². The summed E-state index contributed by atoms with van der Waals surface area (Å²) >= 11 is 3.38. The van der Waals surface area contributed by atoms with E-state index in [2.05, 4.69) is 95.3 Å². The first-order chi connectivity index (χ1) is 13.0. The Morgan fingerprint density at radius 3 is 1.89 bits per heavy atom. The van der Waals surface area contributed by atoms with Gasteiger partial charge in [-0.25, -0.2) is 0 Å². The van der Waals surface area contributed by atoms with Gasteiger partial charge in [-0.1, -0.05) is 65.9 Å². The van der Waals surface area contributed by atoms with Crippen molar-refractivity contribution in [2.24, 2.45) is 4.36 Å². The van der Waals surface area contributed by atoms with Crippen LogP contribution in [0.2, 0.25) is 0 Å². The van der Waals surface area contributed by atoms with Gasteiger partial charge in [-0.3, -0.25) is 0 Å². The van der Waals surface area contributed by atoms with E-state index in [9.17, 15) is 0 Å². The predicted molar refractivity (Wildman–Crippen MR) is 122 cm³/mol. The van der Waals surface area contributed by atoms with Crippen LogP contribution in [0.1, 0.15) is 33.4 Å². The molecule has 0 saturated carbocycles. The van der Waals surface area contributed by atoms with Gasteiger partial charge in [0, 0.05) is 10.5 Å². The highest BCUT2D eigenvalue weighted by atomic mass is 32.2. The van der Waals surface area contributed by atoms with Gasteiger partial charge in [-0.2, -0.15) is 4.36 Å². The Bertz CT molecular complexity index is 986. The van der Waals surface area contributed by atoms with E-state index in [0.29, 0.717) is 0 Å². The van der Waals surface area contributed by atoms with E-state index in [0.717, 1.165) is 5.69 Å². The molecule has 0 radical (unpaired) electrons. The molecule has 0 heterocycles. The molecule has 0 amide bonds. The molecule has 0 fully saturated rings. The third-order valence-corrected chi connectivity index (χ3v) is 6.51. The van der Waals surface area contributed by atoms with Crippen LogP contribution in [-0.4, -0.2) is 4.20 Å². The van der Waals surface area contributed by atoms with Gasteiger partial charge in [0.25, 0.3) is 0 Å². The van der Waals surface area contributed by atoms with Crippen LogP contribution in [0.4, 0.5) is 5.69 Å². The second-order valence-electron chi connectivity index (χ2n) is 6.90. The van der Waals surface area contributed by atoms with E-state index >= 15 is 0 Å². The lowest BCUT2D eigenvalue weighted by atomic mass is 10.0. The number of rotatable bonds is 3. The van der Waals surface area contributed by atoms with Crippen LogP contribution in [0.3, 0.4) is 0 Å². The van der Waals surface area contributed by atoms with E-state index in [1.54, 1.807) is 22.9 Å². The number of hydrogen-bond acceptors (Lipinski definition) is 2. The van der Waals surface area contributed by atoms with Crippen molar-refractivity contribution in [1.29, 1.82) is 0 Å². The quantitative estimate of drug-likeness (QED) is 0.343. The maximum absolute atomic E-state index is 4.94. The van der Waals surface area contributed by atoms with Crippen molar-refractivity contribution >= 4 is 32.8 Å². The molecule has 3 rings (SSSR count). The highest BCUT2D eigenvalue weighted by Gasteiger charge is 2.12. The summed E-state index contributed by atoms with van der Waals surface area (Å²) in [4.78, 5) is 1.23. The first-order valence-corrected chi connectivity index (χ1v) is 10.7. The molecule has 0 unspecified atom stereocenters. The summed E-state index contributed by atoms with van der Waals surface area (Å²) in [5, 5.41) is 0. The average molecular weight is 392 g/mol. The van der Waals surface area contributed by atoms with Crippen LogP contribution in [0.5, 0.6) is 0 Å². The third-order valence-electron chi connectivity index (χ3n) is 4.49. The molecule has 3 aromatic rings. The molecule has 0 bridgehead atoms. The van der Waals surface area contributed by atoms with E-state index < -0.39 is 0 Å². The molecule has 1 nitrogen and oxygen atoms in total. The van der Waals surface area contributed by atoms with Gasteiger partial charge in [-0.15, -0.1) is 0 Å². The Balaban J connectivity index is 2.18. The monoisotopic (exact) mass is 391 g/mol. The van der Waals surface area contributed by atoms with Crippen LogP contribution in [0.25, 0.3) is 0 Å². The molecule has 0 spiro atoms. The van der Waals surface area contributed by atoms with E-state index in [4.69, 9.17) is 4.36 Å². The first-order valence-electron chi connectivity index (χ1n) is 9.08. The zero-order valence-electron chi connectivity index (χ0n) is 16.5. The Labute approximate surface area is 170 Å². The molecular weight excluding hydrogens is 366 g/mol. The molecule has 3 heteroatoms. The van der Waals surface area contributed by atoms with Crippen molar-refractivity contribution in [2.75, 3.05) is 0 Å². The summed E-state index contributed by atoms with van der Waals surface area (Å²) in [6, 6.07) is 21.4. The molecule has 0 aliphatic rings. The molecule has 3 aromatic carbocycles. The Hall–Kier alpha value is -2.10. The maximum Gasteiger partial charge on any atom is 0.0916 e.